The number of hydrogen-bond donors (Lipinski definition) is 0. The number of rotatable bonds is 12. The second kappa shape index (κ2) is 18.7. The number of nitro benzene ring substituents is 1. The largest absolute Gasteiger partial charge is 0.463 e. The summed E-state index contributed by atoms with van der Waals surface area (Å²) in [6.07, 6.45) is -4.61. The molecule has 0 bridgehead atoms. The predicted octanol–water partition coefficient (Wildman–Crippen LogP) is 9.12. The van der Waals surface area contributed by atoms with Crippen molar-refractivity contribution in [2.45, 2.75) is 31.8 Å². The molecule has 0 unspecified atom stereocenters. The number of ketones is 1. The lowest BCUT2D eigenvalue weighted by Crippen LogP contribution is -2.17. The van der Waals surface area contributed by atoms with Crippen LogP contribution >= 0.6 is 34.8 Å². The molecule has 0 radical (unpaired) electrons. The highest BCUT2D eigenvalue weighted by molar-refractivity contribution is 7.87. The van der Waals surface area contributed by atoms with Crippen molar-refractivity contribution in [1.29, 1.82) is 0 Å². The fourth-order valence-electron chi connectivity index (χ4n) is 4.85. The number of carbonyl (C=O) groups is 3. The zero-order valence-corrected chi connectivity index (χ0v) is 33.5. The summed E-state index contributed by atoms with van der Waals surface area (Å²) in [5.41, 5.74) is -0.760. The van der Waals surface area contributed by atoms with Gasteiger partial charge in [-0.1, -0.05) is 52.5 Å². The standard InChI is InChI=1S/C19H16Cl2N2O4S.C18H13ClF3NO7/c1-11-4-7-14(8-5-11)28(25,26)27-19-17(12(2)22-23(19)3)18(24)15-9-6-13(20)10-16(15)21;1-2-28-16(24)9-29-17(25)12-8-11(4-5-14(12)23(26)27)30-15-6-3-10(7-13(15)19)18(20,21)22/h4-10H,1-3H3;3-8H,2,9H2,1H3. The first-order valence-corrected chi connectivity index (χ1v) is 18.9. The van der Waals surface area contributed by atoms with Gasteiger partial charge in [-0.05, 0) is 75.4 Å². The maximum absolute atomic E-state index is 13.0. The molecule has 0 aliphatic heterocycles. The summed E-state index contributed by atoms with van der Waals surface area (Å²) in [5.74, 6) is -3.05. The van der Waals surface area contributed by atoms with Gasteiger partial charge in [0.15, 0.2) is 6.61 Å². The van der Waals surface area contributed by atoms with Crippen LogP contribution in [0.3, 0.4) is 0 Å². The number of aromatic nitrogens is 2. The highest BCUT2D eigenvalue weighted by Gasteiger charge is 2.32. The molecule has 1 heterocycles. The van der Waals surface area contributed by atoms with Crippen molar-refractivity contribution in [2.75, 3.05) is 13.2 Å². The first-order chi connectivity index (χ1) is 27.1. The molecule has 1 aromatic heterocycles. The van der Waals surface area contributed by atoms with E-state index in [1.807, 2.05) is 6.92 Å². The number of alkyl halides is 3. The molecule has 0 aliphatic carbocycles. The number of halogens is 6. The topological polar surface area (TPSA) is 183 Å². The van der Waals surface area contributed by atoms with Gasteiger partial charge in [0.1, 0.15) is 27.5 Å². The van der Waals surface area contributed by atoms with E-state index < -0.39 is 62.4 Å². The number of benzene rings is 4. The Balaban J connectivity index is 0.000000257. The van der Waals surface area contributed by atoms with Crippen LogP contribution in [0.1, 0.15) is 50.0 Å². The molecule has 0 aliphatic rings. The predicted molar refractivity (Wildman–Crippen MR) is 203 cm³/mol. The van der Waals surface area contributed by atoms with E-state index in [-0.39, 0.29) is 50.1 Å². The van der Waals surface area contributed by atoms with Crippen molar-refractivity contribution in [1.82, 2.24) is 9.78 Å². The Morgan fingerprint density at radius 3 is 2.14 bits per heavy atom. The van der Waals surface area contributed by atoms with Crippen LogP contribution in [0.5, 0.6) is 17.4 Å². The second-order valence-electron chi connectivity index (χ2n) is 11.8. The molecule has 14 nitrogen and oxygen atoms in total. The van der Waals surface area contributed by atoms with E-state index in [1.54, 1.807) is 19.1 Å². The van der Waals surface area contributed by atoms with Gasteiger partial charge in [-0.3, -0.25) is 14.9 Å². The van der Waals surface area contributed by atoms with Crippen LogP contribution in [-0.2, 0) is 37.6 Å². The van der Waals surface area contributed by atoms with Crippen LogP contribution in [0.25, 0.3) is 0 Å². The maximum atomic E-state index is 13.0. The normalized spacial score (nSPS) is 11.2. The second-order valence-corrected chi connectivity index (χ2v) is 14.6. The summed E-state index contributed by atoms with van der Waals surface area (Å²) in [5, 5.41) is 15.5. The molecular weight excluding hydrogens is 858 g/mol. The Morgan fingerprint density at radius 2 is 1.55 bits per heavy atom. The lowest BCUT2D eigenvalue weighted by atomic mass is 10.0. The summed E-state index contributed by atoms with van der Waals surface area (Å²) in [6, 6.07) is 16.0. The van der Waals surface area contributed by atoms with Crippen molar-refractivity contribution in [2.24, 2.45) is 7.05 Å². The van der Waals surface area contributed by atoms with E-state index in [0.29, 0.717) is 16.8 Å². The summed E-state index contributed by atoms with van der Waals surface area (Å²) in [6.45, 7) is 4.25. The summed E-state index contributed by atoms with van der Waals surface area (Å²) >= 11 is 17.8. The fourth-order valence-corrected chi connectivity index (χ4v) is 6.53. The highest BCUT2D eigenvalue weighted by Crippen LogP contribution is 2.37. The van der Waals surface area contributed by atoms with Gasteiger partial charge in [-0.2, -0.15) is 26.7 Å². The van der Waals surface area contributed by atoms with Crippen LogP contribution in [0.2, 0.25) is 15.1 Å². The van der Waals surface area contributed by atoms with Crippen LogP contribution in [0.15, 0.2) is 83.8 Å². The molecule has 4 aromatic carbocycles. The fraction of sp³-hybridized carbons (Fsp3) is 0.189. The molecule has 0 atom stereocenters. The zero-order valence-electron chi connectivity index (χ0n) is 30.4. The average Bonchev–Trinajstić information content (AvgIpc) is 3.42. The third-order valence-electron chi connectivity index (χ3n) is 7.57. The molecule has 0 saturated heterocycles. The van der Waals surface area contributed by atoms with Crippen LogP contribution in [-0.4, -0.2) is 54.1 Å². The Bertz CT molecular complexity index is 2500. The molecular formula is C37H29Cl3F3N3O11S. The van der Waals surface area contributed by atoms with Gasteiger partial charge >= 0.3 is 28.2 Å². The van der Waals surface area contributed by atoms with E-state index in [4.69, 9.17) is 48.5 Å². The van der Waals surface area contributed by atoms with Crippen molar-refractivity contribution >= 4 is 68.3 Å². The molecule has 0 spiro atoms. The lowest BCUT2D eigenvalue weighted by molar-refractivity contribution is -0.385. The Morgan fingerprint density at radius 1 is 0.879 bits per heavy atom. The van der Waals surface area contributed by atoms with E-state index >= 15 is 0 Å². The summed E-state index contributed by atoms with van der Waals surface area (Å²) < 4.78 is 84.6. The van der Waals surface area contributed by atoms with Crippen LogP contribution in [0.4, 0.5) is 18.9 Å². The van der Waals surface area contributed by atoms with E-state index in [2.05, 4.69) is 9.84 Å². The minimum atomic E-state index is -4.61. The third-order valence-corrected chi connectivity index (χ3v) is 9.64. The first-order valence-electron chi connectivity index (χ1n) is 16.3. The monoisotopic (exact) mass is 885 g/mol. The number of carbonyl (C=O) groups excluding carboxylic acids is 3. The van der Waals surface area contributed by atoms with Gasteiger partial charge in [0, 0.05) is 29.8 Å². The molecule has 0 saturated carbocycles. The van der Waals surface area contributed by atoms with Crippen LogP contribution in [0, 0.1) is 24.0 Å². The van der Waals surface area contributed by atoms with E-state index in [9.17, 15) is 46.1 Å². The number of esters is 2. The number of nitrogens with zero attached hydrogens (tertiary/aromatic N) is 3. The Hall–Kier alpha value is -5.69. The minimum Gasteiger partial charge on any atom is -0.463 e. The van der Waals surface area contributed by atoms with Gasteiger partial charge < -0.3 is 18.4 Å². The number of aryl methyl sites for hydroxylation is 3. The van der Waals surface area contributed by atoms with E-state index in [1.165, 1.54) is 49.0 Å². The highest BCUT2D eigenvalue weighted by atomic mass is 35.5. The summed E-state index contributed by atoms with van der Waals surface area (Å²) in [4.78, 5) is 46.8. The third kappa shape index (κ3) is 11.2. The van der Waals surface area contributed by atoms with Crippen molar-refractivity contribution in [3.63, 3.8) is 0 Å². The average molecular weight is 887 g/mol. The van der Waals surface area contributed by atoms with Gasteiger partial charge in [-0.25, -0.2) is 14.3 Å². The number of ether oxygens (including phenoxy) is 3. The SMILES string of the molecule is CCOC(=O)COC(=O)c1cc(Oc2ccc(C(F)(F)F)cc2Cl)ccc1[N+](=O)[O-].Cc1ccc(S(=O)(=O)Oc2c(C(=O)c3ccc(Cl)cc3Cl)c(C)nn2C)cc1. The Labute approximate surface area is 343 Å². The van der Waals surface area contributed by atoms with Gasteiger partial charge in [-0.15, -0.1) is 0 Å². The number of nitro groups is 1. The molecule has 5 aromatic rings. The van der Waals surface area contributed by atoms with Crippen molar-refractivity contribution < 1.29 is 59.3 Å². The smallest absolute Gasteiger partial charge is 0.416 e. The maximum Gasteiger partial charge on any atom is 0.416 e. The Kier molecular flexibility index (Phi) is 14.5. The first kappa shape index (κ1) is 45.0. The molecule has 5 rings (SSSR count). The molecule has 21 heteroatoms. The van der Waals surface area contributed by atoms with Crippen molar-refractivity contribution in [3.05, 3.63) is 138 Å². The zero-order chi connectivity index (χ0) is 43.1. The lowest BCUT2D eigenvalue weighted by Gasteiger charge is -2.12. The molecule has 306 valence electrons. The van der Waals surface area contributed by atoms with Crippen LogP contribution < -0.4 is 8.92 Å². The van der Waals surface area contributed by atoms with Gasteiger partial charge in [0.2, 0.25) is 11.7 Å². The summed E-state index contributed by atoms with van der Waals surface area (Å²) in [7, 11) is -2.67. The van der Waals surface area contributed by atoms with Gasteiger partial charge in [0.25, 0.3) is 5.69 Å². The van der Waals surface area contributed by atoms with Gasteiger partial charge in [0.05, 0.1) is 32.8 Å². The molecule has 58 heavy (non-hydrogen) atoms. The number of hydrogen-bond acceptors (Lipinski definition) is 12. The quantitative estimate of drug-likeness (QED) is 0.0381. The molecule has 0 N–H and O–H groups in total. The van der Waals surface area contributed by atoms with Crippen molar-refractivity contribution in [3.8, 4) is 17.4 Å². The van der Waals surface area contributed by atoms with E-state index in [0.717, 1.165) is 35.9 Å². The molecule has 0 fully saturated rings. The minimum absolute atomic E-state index is 0.0161. The molecule has 0 amide bonds.